The molecular weight excluding hydrogens is 387 g/mol. The third-order valence-corrected chi connectivity index (χ3v) is 6.86. The fraction of sp³-hybridized carbons (Fsp3) is 0.235. The molecule has 1 fully saturated rings. The minimum atomic E-state index is -3.32. The average Bonchev–Trinajstić information content (AvgIpc) is 3.41. The summed E-state index contributed by atoms with van der Waals surface area (Å²) < 4.78 is 29.9. The molecule has 2 aromatic rings. The Morgan fingerprint density at radius 1 is 1.08 bits per heavy atom. The molecule has 25 heavy (non-hydrogen) atoms. The predicted octanol–water partition coefficient (Wildman–Crippen LogP) is 4.13. The molecule has 0 amide bonds. The number of rotatable bonds is 6. The van der Waals surface area contributed by atoms with Gasteiger partial charge in [0.15, 0.2) is 9.84 Å². The highest BCUT2D eigenvalue weighted by molar-refractivity contribution is 7.92. The predicted molar refractivity (Wildman–Crippen MR) is 94.1 cm³/mol. The molecule has 3 rings (SSSR count). The van der Waals surface area contributed by atoms with E-state index in [0.717, 1.165) is 0 Å². The third-order valence-electron chi connectivity index (χ3n) is 3.84. The van der Waals surface area contributed by atoms with Crippen molar-refractivity contribution < 1.29 is 23.1 Å². The minimum Gasteiger partial charge on any atom is -0.478 e. The quantitative estimate of drug-likeness (QED) is 0.787. The Morgan fingerprint density at radius 3 is 2.24 bits per heavy atom. The summed E-state index contributed by atoms with van der Waals surface area (Å²) in [5, 5.41) is 9.69. The van der Waals surface area contributed by atoms with Crippen molar-refractivity contribution in [3.8, 4) is 5.75 Å². The number of carbonyl (C=O) groups is 1. The standard InChI is InChI=1S/C17H14Cl2O5S/c18-14-8-3-11(9-15(14)19)24-16(17(20)21)10-1-4-12(5-2-10)25(22,23)13-6-7-13/h1-5,8-9,13,16H,6-7H2,(H,20,21). The second kappa shape index (κ2) is 6.86. The number of carboxylic acids is 1. The Hall–Kier alpha value is -1.76. The van der Waals surface area contributed by atoms with E-state index in [1.165, 1.54) is 42.5 Å². The molecule has 1 atom stereocenters. The van der Waals surface area contributed by atoms with Crippen LogP contribution in [0.2, 0.25) is 10.0 Å². The van der Waals surface area contributed by atoms with E-state index in [0.29, 0.717) is 23.4 Å². The monoisotopic (exact) mass is 400 g/mol. The van der Waals surface area contributed by atoms with Crippen LogP contribution in [-0.4, -0.2) is 24.7 Å². The van der Waals surface area contributed by atoms with Crippen LogP contribution in [0.3, 0.4) is 0 Å². The van der Waals surface area contributed by atoms with Gasteiger partial charge in [-0.05, 0) is 37.1 Å². The molecule has 2 aromatic carbocycles. The normalized spacial score (nSPS) is 15.6. The van der Waals surface area contributed by atoms with Crippen LogP contribution >= 0.6 is 23.2 Å². The van der Waals surface area contributed by atoms with Crippen LogP contribution in [0.1, 0.15) is 24.5 Å². The lowest BCUT2D eigenvalue weighted by atomic mass is 10.1. The highest BCUT2D eigenvalue weighted by Gasteiger charge is 2.37. The van der Waals surface area contributed by atoms with E-state index in [1.54, 1.807) is 0 Å². The Balaban J connectivity index is 1.85. The summed E-state index contributed by atoms with van der Waals surface area (Å²) in [7, 11) is -3.32. The third kappa shape index (κ3) is 3.92. The molecule has 0 saturated heterocycles. The van der Waals surface area contributed by atoms with E-state index in [1.807, 2.05) is 0 Å². The summed E-state index contributed by atoms with van der Waals surface area (Å²) in [5.41, 5.74) is 0.327. The molecule has 1 unspecified atom stereocenters. The van der Waals surface area contributed by atoms with E-state index >= 15 is 0 Å². The first-order chi connectivity index (χ1) is 11.8. The number of carboxylic acid groups (broad SMARTS) is 1. The Bertz CT molecular complexity index is 905. The SMILES string of the molecule is O=C(O)C(Oc1ccc(Cl)c(Cl)c1)c1ccc(S(=O)(=O)C2CC2)cc1. The molecule has 1 N–H and O–H groups in total. The zero-order valence-electron chi connectivity index (χ0n) is 12.9. The smallest absolute Gasteiger partial charge is 0.349 e. The lowest BCUT2D eigenvalue weighted by molar-refractivity contribution is -0.145. The van der Waals surface area contributed by atoms with Crippen molar-refractivity contribution in [1.82, 2.24) is 0 Å². The number of halogens is 2. The van der Waals surface area contributed by atoms with Gasteiger partial charge in [0, 0.05) is 11.6 Å². The van der Waals surface area contributed by atoms with Crippen LogP contribution in [-0.2, 0) is 14.6 Å². The molecule has 1 saturated carbocycles. The summed E-state index contributed by atoms with van der Waals surface area (Å²) in [4.78, 5) is 11.7. The number of hydrogen-bond acceptors (Lipinski definition) is 4. The van der Waals surface area contributed by atoms with Gasteiger partial charge in [0.2, 0.25) is 6.10 Å². The second-order valence-electron chi connectivity index (χ2n) is 5.73. The molecule has 5 nitrogen and oxygen atoms in total. The summed E-state index contributed by atoms with van der Waals surface area (Å²) in [6.45, 7) is 0. The molecule has 132 valence electrons. The summed E-state index contributed by atoms with van der Waals surface area (Å²) >= 11 is 11.7. The summed E-state index contributed by atoms with van der Waals surface area (Å²) in [6.07, 6.45) is 0.0415. The number of benzene rings is 2. The molecule has 0 bridgehead atoms. The minimum absolute atomic E-state index is 0.192. The first kappa shape index (κ1) is 18.0. The fourth-order valence-corrected chi connectivity index (χ4v) is 4.30. The van der Waals surface area contributed by atoms with Crippen molar-refractivity contribution in [3.63, 3.8) is 0 Å². The van der Waals surface area contributed by atoms with Gasteiger partial charge >= 0.3 is 5.97 Å². The molecule has 8 heteroatoms. The topological polar surface area (TPSA) is 80.7 Å². The van der Waals surface area contributed by atoms with Crippen molar-refractivity contribution in [2.45, 2.75) is 29.1 Å². The van der Waals surface area contributed by atoms with Crippen molar-refractivity contribution >= 4 is 39.0 Å². The lowest BCUT2D eigenvalue weighted by Gasteiger charge is -2.16. The van der Waals surface area contributed by atoms with Gasteiger partial charge in [0.1, 0.15) is 5.75 Å². The van der Waals surface area contributed by atoms with Gasteiger partial charge in [-0.1, -0.05) is 35.3 Å². The highest BCUT2D eigenvalue weighted by atomic mass is 35.5. The largest absolute Gasteiger partial charge is 0.478 e. The Kier molecular flexibility index (Phi) is 4.95. The van der Waals surface area contributed by atoms with Crippen LogP contribution in [0.5, 0.6) is 5.75 Å². The van der Waals surface area contributed by atoms with Crippen LogP contribution in [0.15, 0.2) is 47.4 Å². The van der Waals surface area contributed by atoms with Gasteiger partial charge in [-0.2, -0.15) is 0 Å². The summed E-state index contributed by atoms with van der Waals surface area (Å²) in [6, 6.07) is 10.2. The van der Waals surface area contributed by atoms with E-state index in [2.05, 4.69) is 0 Å². The van der Waals surface area contributed by atoms with Crippen molar-refractivity contribution in [2.24, 2.45) is 0 Å². The van der Waals surface area contributed by atoms with Gasteiger partial charge in [0.05, 0.1) is 20.2 Å². The summed E-state index contributed by atoms with van der Waals surface area (Å²) in [5.74, 6) is -0.958. The van der Waals surface area contributed by atoms with Crippen LogP contribution in [0, 0.1) is 0 Å². The molecule has 0 radical (unpaired) electrons. The Morgan fingerprint density at radius 2 is 1.72 bits per heavy atom. The van der Waals surface area contributed by atoms with Gasteiger partial charge in [-0.3, -0.25) is 0 Å². The van der Waals surface area contributed by atoms with Gasteiger partial charge in [-0.25, -0.2) is 13.2 Å². The van der Waals surface area contributed by atoms with Gasteiger partial charge in [-0.15, -0.1) is 0 Å². The van der Waals surface area contributed by atoms with Gasteiger partial charge in [0.25, 0.3) is 0 Å². The van der Waals surface area contributed by atoms with Crippen molar-refractivity contribution in [1.29, 1.82) is 0 Å². The molecule has 1 aliphatic carbocycles. The molecule has 0 aromatic heterocycles. The first-order valence-corrected chi connectivity index (χ1v) is 9.77. The second-order valence-corrected chi connectivity index (χ2v) is 8.77. The highest BCUT2D eigenvalue weighted by Crippen LogP contribution is 2.34. The van der Waals surface area contributed by atoms with Crippen LogP contribution in [0.25, 0.3) is 0 Å². The number of sulfone groups is 1. The fourth-order valence-electron chi connectivity index (χ4n) is 2.35. The maximum absolute atomic E-state index is 12.2. The maximum atomic E-state index is 12.2. The van der Waals surface area contributed by atoms with Crippen molar-refractivity contribution in [3.05, 3.63) is 58.1 Å². The van der Waals surface area contributed by atoms with E-state index in [9.17, 15) is 18.3 Å². The van der Waals surface area contributed by atoms with E-state index in [4.69, 9.17) is 27.9 Å². The van der Waals surface area contributed by atoms with Crippen LogP contribution < -0.4 is 4.74 Å². The number of hydrogen-bond donors (Lipinski definition) is 1. The van der Waals surface area contributed by atoms with E-state index < -0.39 is 21.9 Å². The zero-order valence-corrected chi connectivity index (χ0v) is 15.2. The molecule has 1 aliphatic rings. The van der Waals surface area contributed by atoms with Crippen molar-refractivity contribution in [2.75, 3.05) is 0 Å². The average molecular weight is 401 g/mol. The molecule has 0 aliphatic heterocycles. The molecule has 0 spiro atoms. The lowest BCUT2D eigenvalue weighted by Crippen LogP contribution is -2.18. The number of ether oxygens (including phenoxy) is 1. The van der Waals surface area contributed by atoms with Gasteiger partial charge < -0.3 is 9.84 Å². The number of aliphatic carboxylic acids is 1. The van der Waals surface area contributed by atoms with E-state index in [-0.39, 0.29) is 20.9 Å². The molecule has 0 heterocycles. The first-order valence-electron chi connectivity index (χ1n) is 7.47. The molecular formula is C17H14Cl2O5S. The van der Waals surface area contributed by atoms with Crippen LogP contribution in [0.4, 0.5) is 0 Å². The Labute approximate surface area is 155 Å². The maximum Gasteiger partial charge on any atom is 0.349 e. The zero-order chi connectivity index (χ0) is 18.2.